The van der Waals surface area contributed by atoms with E-state index in [4.69, 9.17) is 4.74 Å². The number of carboxylic acids is 1. The zero-order valence-electron chi connectivity index (χ0n) is 20.2. The second kappa shape index (κ2) is 9.65. The lowest BCUT2D eigenvalue weighted by Gasteiger charge is -2.36. The molecular formula is C27H30F4N2O3. The average molecular weight is 507 g/mol. The minimum Gasteiger partial charge on any atom is -0.493 e. The second-order valence-electron chi connectivity index (χ2n) is 10.4. The molecule has 2 aliphatic carbocycles. The minimum atomic E-state index is -4.40. The number of ether oxygens (including phenoxy) is 1. The molecule has 0 amide bonds. The molecule has 2 heterocycles. The van der Waals surface area contributed by atoms with Crippen LogP contribution in [-0.4, -0.2) is 40.7 Å². The summed E-state index contributed by atoms with van der Waals surface area (Å²) in [6.45, 7) is 3.70. The molecule has 1 unspecified atom stereocenters. The van der Waals surface area contributed by atoms with Crippen molar-refractivity contribution in [2.75, 3.05) is 19.7 Å². The van der Waals surface area contributed by atoms with E-state index in [9.17, 15) is 27.5 Å². The van der Waals surface area contributed by atoms with Crippen LogP contribution in [0.3, 0.4) is 0 Å². The molecule has 194 valence electrons. The molecule has 0 bridgehead atoms. The van der Waals surface area contributed by atoms with Gasteiger partial charge >= 0.3 is 12.1 Å². The Kier molecular flexibility index (Phi) is 6.70. The van der Waals surface area contributed by atoms with E-state index >= 15 is 0 Å². The van der Waals surface area contributed by atoms with Gasteiger partial charge in [0.25, 0.3) is 0 Å². The maximum Gasteiger partial charge on any atom is 0.416 e. The van der Waals surface area contributed by atoms with Gasteiger partial charge in [-0.2, -0.15) is 13.2 Å². The smallest absolute Gasteiger partial charge is 0.416 e. The van der Waals surface area contributed by atoms with Crippen molar-refractivity contribution in [3.63, 3.8) is 0 Å². The molecule has 3 aliphatic rings. The number of hydrogen-bond donors (Lipinski definition) is 1. The summed E-state index contributed by atoms with van der Waals surface area (Å²) in [6.07, 6.45) is 0.845. The Bertz CT molecular complexity index is 1140. The molecule has 0 spiro atoms. The van der Waals surface area contributed by atoms with Crippen LogP contribution in [0.15, 0.2) is 24.3 Å². The summed E-state index contributed by atoms with van der Waals surface area (Å²) in [5.74, 6) is -1.11. The molecule has 1 atom stereocenters. The van der Waals surface area contributed by atoms with Gasteiger partial charge < -0.3 is 9.84 Å². The fourth-order valence-corrected chi connectivity index (χ4v) is 5.02. The average Bonchev–Trinajstić information content (AvgIpc) is 3.75. The number of pyridine rings is 1. The molecule has 5 nitrogen and oxygen atoms in total. The summed E-state index contributed by atoms with van der Waals surface area (Å²) < 4.78 is 60.7. The number of benzene rings is 1. The number of likely N-dealkylation sites (tertiary alicyclic amines) is 1. The van der Waals surface area contributed by atoms with Crippen molar-refractivity contribution in [3.8, 4) is 5.75 Å². The molecule has 2 aromatic rings. The SMILES string of the molecule is CC(c1cc(C(F)(F)F)cc(C2CC2)n1)N1CCC(COc2cc(F)c(C(=O)O)cc2C2CC2)CC1. The Morgan fingerprint density at radius 2 is 1.75 bits per heavy atom. The van der Waals surface area contributed by atoms with Crippen LogP contribution in [0.2, 0.25) is 0 Å². The second-order valence-corrected chi connectivity index (χ2v) is 10.4. The van der Waals surface area contributed by atoms with Crippen molar-refractivity contribution >= 4 is 5.97 Å². The molecule has 1 aliphatic heterocycles. The predicted octanol–water partition coefficient (Wildman–Crippen LogP) is 6.54. The van der Waals surface area contributed by atoms with Crippen molar-refractivity contribution in [3.05, 3.63) is 58.2 Å². The summed E-state index contributed by atoms with van der Waals surface area (Å²) >= 11 is 0. The Labute approximate surface area is 207 Å². The maximum absolute atomic E-state index is 14.3. The fourth-order valence-electron chi connectivity index (χ4n) is 5.02. The molecule has 2 saturated carbocycles. The first-order chi connectivity index (χ1) is 17.1. The number of alkyl halides is 3. The van der Waals surface area contributed by atoms with E-state index < -0.39 is 23.5 Å². The highest BCUT2D eigenvalue weighted by atomic mass is 19.4. The Morgan fingerprint density at radius 3 is 2.33 bits per heavy atom. The van der Waals surface area contributed by atoms with Gasteiger partial charge in [-0.15, -0.1) is 0 Å². The molecule has 1 aromatic heterocycles. The highest BCUT2D eigenvalue weighted by Crippen LogP contribution is 2.45. The lowest BCUT2D eigenvalue weighted by molar-refractivity contribution is -0.137. The third kappa shape index (κ3) is 5.51. The predicted molar refractivity (Wildman–Crippen MR) is 125 cm³/mol. The quantitative estimate of drug-likeness (QED) is 0.412. The van der Waals surface area contributed by atoms with Gasteiger partial charge in [-0.25, -0.2) is 9.18 Å². The monoisotopic (exact) mass is 506 g/mol. The minimum absolute atomic E-state index is 0.135. The first-order valence-electron chi connectivity index (χ1n) is 12.6. The van der Waals surface area contributed by atoms with Crippen LogP contribution < -0.4 is 4.74 Å². The molecule has 36 heavy (non-hydrogen) atoms. The summed E-state index contributed by atoms with van der Waals surface area (Å²) in [7, 11) is 0. The topological polar surface area (TPSA) is 62.7 Å². The fraction of sp³-hybridized carbons (Fsp3) is 0.556. The van der Waals surface area contributed by atoms with Crippen molar-refractivity contribution in [1.82, 2.24) is 9.88 Å². The number of halogens is 4. The normalized spacial score (nSPS) is 20.4. The molecule has 3 fully saturated rings. The van der Waals surface area contributed by atoms with Gasteiger partial charge in [-0.3, -0.25) is 9.88 Å². The van der Waals surface area contributed by atoms with Crippen LogP contribution in [0.4, 0.5) is 17.6 Å². The van der Waals surface area contributed by atoms with E-state index in [1.807, 2.05) is 6.92 Å². The number of carbonyl (C=O) groups is 1. The first-order valence-corrected chi connectivity index (χ1v) is 12.6. The van der Waals surface area contributed by atoms with Crippen LogP contribution in [0.5, 0.6) is 5.75 Å². The molecule has 1 saturated heterocycles. The lowest BCUT2D eigenvalue weighted by atomic mass is 9.95. The van der Waals surface area contributed by atoms with Crippen molar-refractivity contribution in [2.45, 2.75) is 69.5 Å². The van der Waals surface area contributed by atoms with E-state index in [0.717, 1.165) is 44.1 Å². The zero-order valence-corrected chi connectivity index (χ0v) is 20.2. The third-order valence-corrected chi connectivity index (χ3v) is 7.63. The molecule has 1 aromatic carbocycles. The number of aromatic carboxylic acids is 1. The molecule has 1 N–H and O–H groups in total. The Morgan fingerprint density at radius 1 is 1.08 bits per heavy atom. The summed E-state index contributed by atoms with van der Waals surface area (Å²) in [4.78, 5) is 18.1. The van der Waals surface area contributed by atoms with E-state index in [-0.39, 0.29) is 29.4 Å². The molecular weight excluding hydrogens is 476 g/mol. The van der Waals surface area contributed by atoms with Gasteiger partial charge in [0.05, 0.1) is 23.4 Å². The standard InChI is InChI=1S/C27H30F4N2O3/c1-15(23-10-19(27(29,30)31)11-24(32-23)18-4-5-18)33-8-6-16(7-9-33)14-36-25-13-22(28)21(26(34)35)12-20(25)17-2-3-17/h10-13,15-18H,2-9,14H2,1H3,(H,34,35). The van der Waals surface area contributed by atoms with Crippen molar-refractivity contribution in [2.24, 2.45) is 5.92 Å². The van der Waals surface area contributed by atoms with Crippen LogP contribution in [-0.2, 0) is 6.18 Å². The van der Waals surface area contributed by atoms with Crippen LogP contribution in [0.25, 0.3) is 0 Å². The van der Waals surface area contributed by atoms with Crippen LogP contribution >= 0.6 is 0 Å². The highest BCUT2D eigenvalue weighted by Gasteiger charge is 2.36. The third-order valence-electron chi connectivity index (χ3n) is 7.63. The number of rotatable bonds is 8. The Balaban J connectivity index is 1.21. The van der Waals surface area contributed by atoms with E-state index in [0.29, 0.717) is 36.8 Å². The van der Waals surface area contributed by atoms with E-state index in [1.165, 1.54) is 24.3 Å². The summed E-state index contributed by atoms with van der Waals surface area (Å²) in [5.41, 5.74) is 0.797. The van der Waals surface area contributed by atoms with Gasteiger partial charge in [-0.1, -0.05) is 0 Å². The first kappa shape index (κ1) is 25.0. The van der Waals surface area contributed by atoms with E-state index in [2.05, 4.69) is 9.88 Å². The number of nitrogens with zero attached hydrogens (tertiary/aromatic N) is 2. The van der Waals surface area contributed by atoms with Crippen molar-refractivity contribution in [1.29, 1.82) is 0 Å². The zero-order chi connectivity index (χ0) is 25.6. The maximum atomic E-state index is 14.3. The van der Waals surface area contributed by atoms with Gasteiger partial charge in [0, 0.05) is 23.7 Å². The van der Waals surface area contributed by atoms with Gasteiger partial charge in [0.15, 0.2) is 0 Å². The summed E-state index contributed by atoms with van der Waals surface area (Å²) in [5, 5.41) is 9.22. The highest BCUT2D eigenvalue weighted by molar-refractivity contribution is 5.88. The number of piperidine rings is 1. The molecule has 5 rings (SSSR count). The number of hydrogen-bond acceptors (Lipinski definition) is 4. The number of aromatic nitrogens is 1. The van der Waals surface area contributed by atoms with Gasteiger partial charge in [0.2, 0.25) is 0 Å². The van der Waals surface area contributed by atoms with Crippen LogP contribution in [0.1, 0.15) is 96.2 Å². The molecule has 9 heteroatoms. The lowest BCUT2D eigenvalue weighted by Crippen LogP contribution is -2.37. The van der Waals surface area contributed by atoms with E-state index in [1.54, 1.807) is 0 Å². The van der Waals surface area contributed by atoms with Crippen LogP contribution in [0, 0.1) is 11.7 Å². The Hall–Kier alpha value is -2.68. The summed E-state index contributed by atoms with van der Waals surface area (Å²) in [6, 6.07) is 4.73. The van der Waals surface area contributed by atoms with Crippen molar-refractivity contribution < 1.29 is 32.2 Å². The molecule has 0 radical (unpaired) electrons. The largest absolute Gasteiger partial charge is 0.493 e. The van der Waals surface area contributed by atoms with Gasteiger partial charge in [0.1, 0.15) is 11.6 Å². The van der Waals surface area contributed by atoms with Gasteiger partial charge in [-0.05, 0) is 94.1 Å². The number of carboxylic acid groups (broad SMARTS) is 1.